The molecule has 2 rings (SSSR count). The molecule has 0 bridgehead atoms. The van der Waals surface area contributed by atoms with Gasteiger partial charge < -0.3 is 10.1 Å². The Kier molecular flexibility index (Phi) is 7.30. The van der Waals surface area contributed by atoms with Gasteiger partial charge in [0.05, 0.1) is 10.6 Å². The molecule has 0 aliphatic heterocycles. The third-order valence-electron chi connectivity index (χ3n) is 3.98. The maximum absolute atomic E-state index is 13.3. The number of benzene rings is 2. The van der Waals surface area contributed by atoms with E-state index < -0.39 is 29.6 Å². The predicted octanol–water partition coefficient (Wildman–Crippen LogP) is 4.30. The van der Waals surface area contributed by atoms with Crippen LogP contribution in [0.2, 0.25) is 5.02 Å². The Bertz CT molecular complexity index is 814. The highest BCUT2D eigenvalue weighted by molar-refractivity contribution is 6.33. The number of rotatable bonds is 7. The molecule has 1 amide bonds. The van der Waals surface area contributed by atoms with Gasteiger partial charge in [-0.3, -0.25) is 4.79 Å². The molecule has 0 spiro atoms. The second-order valence-electron chi connectivity index (χ2n) is 6.23. The molecule has 0 unspecified atom stereocenters. The lowest BCUT2D eigenvalue weighted by Crippen LogP contribution is -2.41. The first-order valence-electron chi connectivity index (χ1n) is 8.47. The number of halogens is 3. The van der Waals surface area contributed by atoms with Gasteiger partial charge in [0.1, 0.15) is 0 Å². The first-order valence-corrected chi connectivity index (χ1v) is 8.85. The lowest BCUT2D eigenvalue weighted by atomic mass is 10.1. The molecule has 2 aromatic rings. The van der Waals surface area contributed by atoms with Crippen molar-refractivity contribution in [2.45, 2.75) is 38.8 Å². The van der Waals surface area contributed by atoms with Gasteiger partial charge in [0.25, 0.3) is 5.91 Å². The average molecular weight is 396 g/mol. The van der Waals surface area contributed by atoms with Crippen LogP contribution in [0.1, 0.15) is 36.2 Å². The number of hydrogen-bond donors (Lipinski definition) is 1. The van der Waals surface area contributed by atoms with Crippen molar-refractivity contribution >= 4 is 23.5 Å². The van der Waals surface area contributed by atoms with Gasteiger partial charge in [-0.15, -0.1) is 0 Å². The normalized spacial score (nSPS) is 12.9. The van der Waals surface area contributed by atoms with Crippen molar-refractivity contribution in [1.82, 2.24) is 5.32 Å². The number of esters is 1. The Morgan fingerprint density at radius 1 is 1.11 bits per heavy atom. The summed E-state index contributed by atoms with van der Waals surface area (Å²) in [4.78, 5) is 24.2. The zero-order valence-corrected chi connectivity index (χ0v) is 15.7. The van der Waals surface area contributed by atoms with Gasteiger partial charge in [-0.25, -0.2) is 13.6 Å². The van der Waals surface area contributed by atoms with Crippen LogP contribution in [0.3, 0.4) is 0 Å². The van der Waals surface area contributed by atoms with E-state index >= 15 is 0 Å². The number of nitrogens with one attached hydrogen (secondary N) is 1. The van der Waals surface area contributed by atoms with Crippen molar-refractivity contribution in [1.29, 1.82) is 0 Å². The Morgan fingerprint density at radius 3 is 2.41 bits per heavy atom. The number of amides is 1. The number of aryl methyl sites for hydroxylation is 1. The van der Waals surface area contributed by atoms with Crippen molar-refractivity contribution in [3.63, 3.8) is 0 Å². The molecule has 0 heterocycles. The van der Waals surface area contributed by atoms with E-state index in [-0.39, 0.29) is 16.6 Å². The van der Waals surface area contributed by atoms with E-state index in [1.54, 1.807) is 0 Å². The van der Waals surface area contributed by atoms with Gasteiger partial charge in [0.2, 0.25) is 0 Å². The van der Waals surface area contributed by atoms with Crippen LogP contribution < -0.4 is 5.32 Å². The molecule has 0 aromatic heterocycles. The molecule has 7 heteroatoms. The van der Waals surface area contributed by atoms with Crippen molar-refractivity contribution in [2.75, 3.05) is 0 Å². The zero-order chi connectivity index (χ0) is 20.0. The molecule has 1 N–H and O–H groups in total. The molecule has 4 nitrogen and oxygen atoms in total. The van der Waals surface area contributed by atoms with E-state index in [1.165, 1.54) is 6.92 Å². The summed E-state index contributed by atoms with van der Waals surface area (Å²) in [5, 5.41) is 2.47. The first-order chi connectivity index (χ1) is 12.8. The Balaban J connectivity index is 1.87. The molecule has 27 heavy (non-hydrogen) atoms. The molecule has 0 saturated heterocycles. The molecule has 2 aromatic carbocycles. The zero-order valence-electron chi connectivity index (χ0n) is 15.0. The summed E-state index contributed by atoms with van der Waals surface area (Å²) in [6.07, 6.45) is 0.396. The fourth-order valence-electron chi connectivity index (χ4n) is 2.42. The highest BCUT2D eigenvalue weighted by Crippen LogP contribution is 2.21. The van der Waals surface area contributed by atoms with Gasteiger partial charge >= 0.3 is 5.97 Å². The molecule has 0 aliphatic rings. The molecule has 0 radical (unpaired) electrons. The van der Waals surface area contributed by atoms with Gasteiger partial charge in [-0.2, -0.15) is 0 Å². The largest absolute Gasteiger partial charge is 0.449 e. The monoisotopic (exact) mass is 395 g/mol. The number of carbonyl (C=O) groups excluding carboxylic acids is 2. The highest BCUT2D eigenvalue weighted by atomic mass is 35.5. The molecule has 0 saturated carbocycles. The van der Waals surface area contributed by atoms with Crippen molar-refractivity contribution in [2.24, 2.45) is 0 Å². The third-order valence-corrected chi connectivity index (χ3v) is 4.29. The maximum Gasteiger partial charge on any atom is 0.340 e. The quantitative estimate of drug-likeness (QED) is 0.561. The van der Waals surface area contributed by atoms with Crippen LogP contribution in [0.25, 0.3) is 0 Å². The third kappa shape index (κ3) is 6.03. The lowest BCUT2D eigenvalue weighted by molar-refractivity contribution is -0.129. The van der Waals surface area contributed by atoms with Crippen LogP contribution >= 0.6 is 11.6 Å². The first kappa shape index (κ1) is 20.8. The molecule has 144 valence electrons. The second kappa shape index (κ2) is 9.46. The maximum atomic E-state index is 13.3. The molecule has 0 aliphatic carbocycles. The molecule has 0 fully saturated rings. The Hall–Kier alpha value is -2.47. The van der Waals surface area contributed by atoms with Crippen LogP contribution in [0.15, 0.2) is 42.5 Å². The Morgan fingerprint density at radius 2 is 1.74 bits per heavy atom. The smallest absolute Gasteiger partial charge is 0.340 e. The van der Waals surface area contributed by atoms with E-state index in [0.717, 1.165) is 12.0 Å². The highest BCUT2D eigenvalue weighted by Gasteiger charge is 2.23. The number of ether oxygens (including phenoxy) is 1. The minimum atomic E-state index is -1.22. The van der Waals surface area contributed by atoms with Crippen molar-refractivity contribution < 1.29 is 23.1 Å². The predicted molar refractivity (Wildman–Crippen MR) is 98.6 cm³/mol. The van der Waals surface area contributed by atoms with E-state index in [0.29, 0.717) is 18.6 Å². The van der Waals surface area contributed by atoms with Gasteiger partial charge in [-0.05, 0) is 44.4 Å². The summed E-state index contributed by atoms with van der Waals surface area (Å²) in [5.41, 5.74) is 0.818. The molecule has 2 atom stereocenters. The van der Waals surface area contributed by atoms with E-state index in [2.05, 4.69) is 5.32 Å². The van der Waals surface area contributed by atoms with Crippen LogP contribution in [-0.2, 0) is 16.0 Å². The van der Waals surface area contributed by atoms with Crippen molar-refractivity contribution in [3.05, 3.63) is 70.2 Å². The van der Waals surface area contributed by atoms with E-state index in [4.69, 9.17) is 16.3 Å². The number of carbonyl (C=O) groups is 2. The average Bonchev–Trinajstić information content (AvgIpc) is 2.63. The topological polar surface area (TPSA) is 55.4 Å². The minimum Gasteiger partial charge on any atom is -0.449 e. The summed E-state index contributed by atoms with van der Waals surface area (Å²) in [7, 11) is 0. The molecular weight excluding hydrogens is 376 g/mol. The minimum absolute atomic E-state index is 0.134. The Labute approximate surface area is 161 Å². The second-order valence-corrected chi connectivity index (χ2v) is 6.63. The van der Waals surface area contributed by atoms with E-state index in [9.17, 15) is 18.4 Å². The standard InChI is InChI=1S/C20H20ClF2NO3/c1-12(8-9-14-6-4-3-5-7-14)24-19(25)13(2)27-20(26)15-10-17(22)18(23)11-16(15)21/h3-7,10-13H,8-9H2,1-2H3,(H,24,25)/t12-,13+/m0/s1. The van der Waals surface area contributed by atoms with Crippen LogP contribution in [0, 0.1) is 11.6 Å². The summed E-state index contributed by atoms with van der Waals surface area (Å²) in [6, 6.07) is 11.0. The SMILES string of the molecule is C[C@@H](CCc1ccccc1)NC(=O)[C@@H](C)OC(=O)c1cc(F)c(F)cc1Cl. The number of hydrogen-bond acceptors (Lipinski definition) is 3. The fraction of sp³-hybridized carbons (Fsp3) is 0.300. The summed E-state index contributed by atoms with van der Waals surface area (Å²) in [5.74, 6) is -3.88. The van der Waals surface area contributed by atoms with Crippen LogP contribution in [0.5, 0.6) is 0 Å². The van der Waals surface area contributed by atoms with Gasteiger partial charge in [0.15, 0.2) is 17.7 Å². The van der Waals surface area contributed by atoms with Crippen molar-refractivity contribution in [3.8, 4) is 0 Å². The summed E-state index contributed by atoms with van der Waals surface area (Å²) in [6.45, 7) is 3.24. The van der Waals surface area contributed by atoms with E-state index in [1.807, 2.05) is 37.3 Å². The van der Waals surface area contributed by atoms with Gasteiger partial charge in [-0.1, -0.05) is 41.9 Å². The molecular formula is C20H20ClF2NO3. The van der Waals surface area contributed by atoms with Crippen LogP contribution in [-0.4, -0.2) is 24.0 Å². The van der Waals surface area contributed by atoms with Gasteiger partial charge in [0, 0.05) is 6.04 Å². The van der Waals surface area contributed by atoms with Crippen LogP contribution in [0.4, 0.5) is 8.78 Å². The lowest BCUT2D eigenvalue weighted by Gasteiger charge is -2.18. The summed E-state index contributed by atoms with van der Waals surface area (Å²) < 4.78 is 31.4. The summed E-state index contributed by atoms with van der Waals surface area (Å²) >= 11 is 5.74. The fourth-order valence-corrected chi connectivity index (χ4v) is 2.64.